The van der Waals surface area contributed by atoms with Crippen LogP contribution >= 0.6 is 0 Å². The molecule has 2 aliphatic carbocycles. The third-order valence-corrected chi connectivity index (χ3v) is 7.10. The number of piperidine rings is 1. The normalized spacial score (nSPS) is 23.4. The number of fused-ring (bicyclic) bond motifs is 1. The summed E-state index contributed by atoms with van der Waals surface area (Å²) in [6.45, 7) is 3.21. The van der Waals surface area contributed by atoms with Crippen LogP contribution in [0.2, 0.25) is 0 Å². The largest absolute Gasteiger partial charge is 0.477 e. The number of aromatic carboxylic acids is 1. The van der Waals surface area contributed by atoms with Gasteiger partial charge in [0.15, 0.2) is 5.82 Å². The van der Waals surface area contributed by atoms with E-state index in [0.29, 0.717) is 23.3 Å². The third kappa shape index (κ3) is 2.86. The molecule has 1 aliphatic heterocycles. The molecule has 2 saturated carbocycles. The number of carboxylic acid groups (broad SMARTS) is 1. The standard InChI is InChI=1S/C22H26FN3O3/c1-12-18-15(13-3-4-13)7-16(21(28)29)20(27)26(18)10-17(23)19(12)25-9-14(24)8-22(11-25)5-2-6-22/h7,10,13-14H,2-6,8-9,11,24H2,1H3,(H,28,29)/t14-/m0/s1. The molecule has 29 heavy (non-hydrogen) atoms. The van der Waals surface area contributed by atoms with Crippen molar-refractivity contribution < 1.29 is 14.3 Å². The summed E-state index contributed by atoms with van der Waals surface area (Å²) in [5.41, 5.74) is 8.23. The third-order valence-electron chi connectivity index (χ3n) is 7.10. The van der Waals surface area contributed by atoms with Gasteiger partial charge in [0.25, 0.3) is 5.56 Å². The van der Waals surface area contributed by atoms with E-state index in [9.17, 15) is 14.7 Å². The van der Waals surface area contributed by atoms with Crippen LogP contribution in [0, 0.1) is 18.2 Å². The van der Waals surface area contributed by atoms with E-state index in [2.05, 4.69) is 4.90 Å². The van der Waals surface area contributed by atoms with Gasteiger partial charge in [-0.2, -0.15) is 0 Å². The Kier molecular flexibility index (Phi) is 4.04. The van der Waals surface area contributed by atoms with Gasteiger partial charge in [-0.05, 0) is 67.6 Å². The molecule has 154 valence electrons. The van der Waals surface area contributed by atoms with Crippen molar-refractivity contribution in [3.05, 3.63) is 45.1 Å². The molecule has 3 aliphatic rings. The molecule has 1 saturated heterocycles. The van der Waals surface area contributed by atoms with Crippen LogP contribution in [-0.4, -0.2) is 34.6 Å². The lowest BCUT2D eigenvalue weighted by molar-refractivity contribution is 0.0694. The van der Waals surface area contributed by atoms with Gasteiger partial charge in [0.1, 0.15) is 5.56 Å². The first-order chi connectivity index (χ1) is 13.8. The molecule has 0 radical (unpaired) electrons. The van der Waals surface area contributed by atoms with Gasteiger partial charge in [-0.25, -0.2) is 9.18 Å². The molecule has 5 rings (SSSR count). The van der Waals surface area contributed by atoms with Gasteiger partial charge in [-0.1, -0.05) is 6.42 Å². The van der Waals surface area contributed by atoms with Crippen LogP contribution in [0.1, 0.15) is 65.9 Å². The first-order valence-electron chi connectivity index (χ1n) is 10.4. The minimum absolute atomic E-state index is 0.00133. The maximum absolute atomic E-state index is 15.3. The Hall–Kier alpha value is -2.41. The first-order valence-corrected chi connectivity index (χ1v) is 10.4. The molecule has 3 heterocycles. The average Bonchev–Trinajstić information content (AvgIpc) is 3.45. The van der Waals surface area contributed by atoms with Crippen LogP contribution in [0.4, 0.5) is 10.1 Å². The zero-order valence-corrected chi connectivity index (χ0v) is 16.6. The van der Waals surface area contributed by atoms with Crippen molar-refractivity contribution in [3.63, 3.8) is 0 Å². The van der Waals surface area contributed by atoms with Crippen molar-refractivity contribution in [3.8, 4) is 0 Å². The Morgan fingerprint density at radius 2 is 2.07 bits per heavy atom. The molecule has 7 heteroatoms. The average molecular weight is 399 g/mol. The van der Waals surface area contributed by atoms with E-state index >= 15 is 4.39 Å². The van der Waals surface area contributed by atoms with Crippen LogP contribution in [0.3, 0.4) is 0 Å². The second-order valence-electron chi connectivity index (χ2n) is 9.27. The van der Waals surface area contributed by atoms with E-state index in [0.717, 1.165) is 44.2 Å². The highest BCUT2D eigenvalue weighted by molar-refractivity contribution is 5.89. The topological polar surface area (TPSA) is 88.0 Å². The number of halogens is 1. The summed E-state index contributed by atoms with van der Waals surface area (Å²) in [6.07, 6.45) is 7.51. The van der Waals surface area contributed by atoms with Crippen molar-refractivity contribution in [1.29, 1.82) is 0 Å². The lowest BCUT2D eigenvalue weighted by atomic mass is 9.63. The van der Waals surface area contributed by atoms with E-state index in [1.54, 1.807) is 0 Å². The molecule has 1 spiro atoms. The zero-order chi connectivity index (χ0) is 20.5. The van der Waals surface area contributed by atoms with Gasteiger partial charge in [-0.15, -0.1) is 0 Å². The Morgan fingerprint density at radius 1 is 1.34 bits per heavy atom. The SMILES string of the molecule is Cc1c(N2C[C@@H](N)CC3(CCC3)C2)c(F)cn2c(=O)c(C(=O)O)cc(C3CC3)c12. The Labute approximate surface area is 168 Å². The molecular weight excluding hydrogens is 373 g/mol. The number of pyridine rings is 2. The number of nitrogens with two attached hydrogens (primary N) is 1. The Morgan fingerprint density at radius 3 is 2.66 bits per heavy atom. The quantitative estimate of drug-likeness (QED) is 0.828. The minimum atomic E-state index is -1.28. The van der Waals surface area contributed by atoms with E-state index in [1.165, 1.54) is 23.1 Å². The van der Waals surface area contributed by atoms with Crippen LogP contribution in [0.15, 0.2) is 17.1 Å². The highest BCUT2D eigenvalue weighted by Gasteiger charge is 2.44. The number of nitrogens with zero attached hydrogens (tertiary/aromatic N) is 2. The zero-order valence-electron chi connectivity index (χ0n) is 16.6. The van der Waals surface area contributed by atoms with Crippen LogP contribution in [-0.2, 0) is 0 Å². The summed E-state index contributed by atoms with van der Waals surface area (Å²) in [5, 5.41) is 9.44. The maximum Gasteiger partial charge on any atom is 0.341 e. The molecule has 0 amide bonds. The number of aryl methyl sites for hydroxylation is 1. The van der Waals surface area contributed by atoms with Gasteiger partial charge >= 0.3 is 5.97 Å². The highest BCUT2D eigenvalue weighted by atomic mass is 19.1. The highest BCUT2D eigenvalue weighted by Crippen LogP contribution is 2.49. The fraction of sp³-hybridized carbons (Fsp3) is 0.545. The van der Waals surface area contributed by atoms with Gasteiger partial charge in [-0.3, -0.25) is 9.20 Å². The van der Waals surface area contributed by atoms with E-state index in [-0.39, 0.29) is 22.9 Å². The number of anilines is 1. The smallest absolute Gasteiger partial charge is 0.341 e. The predicted octanol–water partition coefficient (Wildman–Crippen LogP) is 3.03. The number of rotatable bonds is 3. The molecular formula is C22H26FN3O3. The van der Waals surface area contributed by atoms with Gasteiger partial charge in [0.05, 0.1) is 17.4 Å². The lowest BCUT2D eigenvalue weighted by Crippen LogP contribution is -2.55. The first kappa shape index (κ1) is 18.6. The molecule has 0 aromatic carbocycles. The molecule has 0 bridgehead atoms. The van der Waals surface area contributed by atoms with E-state index in [4.69, 9.17) is 5.73 Å². The monoisotopic (exact) mass is 399 g/mol. The molecule has 6 nitrogen and oxygen atoms in total. The number of carboxylic acids is 1. The van der Waals surface area contributed by atoms with Crippen LogP contribution < -0.4 is 16.2 Å². The summed E-state index contributed by atoms with van der Waals surface area (Å²) >= 11 is 0. The van der Waals surface area contributed by atoms with Crippen molar-refractivity contribution >= 4 is 17.2 Å². The van der Waals surface area contributed by atoms with Crippen LogP contribution in [0.25, 0.3) is 5.52 Å². The molecule has 2 aromatic heterocycles. The molecule has 2 aromatic rings. The number of aromatic nitrogens is 1. The number of carbonyl (C=O) groups is 1. The molecule has 0 unspecified atom stereocenters. The molecule has 1 atom stereocenters. The summed E-state index contributed by atoms with van der Waals surface area (Å²) in [5.74, 6) is -1.55. The van der Waals surface area contributed by atoms with E-state index < -0.39 is 17.3 Å². The summed E-state index contributed by atoms with van der Waals surface area (Å²) in [7, 11) is 0. The van der Waals surface area contributed by atoms with E-state index in [1.807, 2.05) is 6.92 Å². The fourth-order valence-electron chi connectivity index (χ4n) is 5.54. The minimum Gasteiger partial charge on any atom is -0.477 e. The van der Waals surface area contributed by atoms with Crippen molar-refractivity contribution in [2.45, 2.75) is 57.4 Å². The second kappa shape index (κ2) is 6.29. The summed E-state index contributed by atoms with van der Waals surface area (Å²) in [4.78, 5) is 26.4. The van der Waals surface area contributed by atoms with Gasteiger partial charge in [0, 0.05) is 19.1 Å². The molecule has 3 fully saturated rings. The summed E-state index contributed by atoms with van der Waals surface area (Å²) < 4.78 is 16.5. The van der Waals surface area contributed by atoms with Crippen LogP contribution in [0.5, 0.6) is 0 Å². The number of hydrogen-bond acceptors (Lipinski definition) is 4. The van der Waals surface area contributed by atoms with Crippen molar-refractivity contribution in [2.75, 3.05) is 18.0 Å². The maximum atomic E-state index is 15.3. The van der Waals surface area contributed by atoms with Crippen molar-refractivity contribution in [2.24, 2.45) is 11.1 Å². The van der Waals surface area contributed by atoms with Gasteiger partial charge in [0.2, 0.25) is 0 Å². The fourth-order valence-corrected chi connectivity index (χ4v) is 5.54. The van der Waals surface area contributed by atoms with Gasteiger partial charge < -0.3 is 15.7 Å². The lowest BCUT2D eigenvalue weighted by Gasteiger charge is -2.51. The Balaban J connectivity index is 1.72. The summed E-state index contributed by atoms with van der Waals surface area (Å²) in [6, 6.07) is 1.50. The Bertz CT molecular complexity index is 1090. The molecule has 3 N–H and O–H groups in total. The van der Waals surface area contributed by atoms with Crippen molar-refractivity contribution in [1.82, 2.24) is 4.40 Å². The predicted molar refractivity (Wildman–Crippen MR) is 108 cm³/mol. The number of hydrogen-bond donors (Lipinski definition) is 2. The second-order valence-corrected chi connectivity index (χ2v) is 9.27.